The number of rotatable bonds is 4. The highest BCUT2D eigenvalue weighted by molar-refractivity contribution is 5.75. The Bertz CT molecular complexity index is 1320. The van der Waals surface area contributed by atoms with Crippen molar-refractivity contribution in [3.63, 3.8) is 0 Å². The van der Waals surface area contributed by atoms with Crippen molar-refractivity contribution in [1.29, 1.82) is 0 Å². The monoisotopic (exact) mass is 518 g/mol. The zero-order valence-electron chi connectivity index (χ0n) is 20.7. The average molecular weight is 519 g/mol. The third kappa shape index (κ3) is 4.99. The number of nitrogens with one attached hydrogen (secondary N) is 1. The van der Waals surface area contributed by atoms with Crippen LogP contribution in [0, 0.1) is 0 Å². The summed E-state index contributed by atoms with van der Waals surface area (Å²) in [6, 6.07) is 3.40. The number of carbonyl (C=O) groups is 1. The van der Waals surface area contributed by atoms with Crippen LogP contribution in [0.15, 0.2) is 18.2 Å². The van der Waals surface area contributed by atoms with Gasteiger partial charge in [0.15, 0.2) is 0 Å². The van der Waals surface area contributed by atoms with Gasteiger partial charge in [-0.05, 0) is 23.8 Å². The summed E-state index contributed by atoms with van der Waals surface area (Å²) in [4.78, 5) is 21.4. The minimum Gasteiger partial charge on any atom is -0.399 e. The molecule has 2 aromatic heterocycles. The minimum atomic E-state index is -4.50. The second-order valence-corrected chi connectivity index (χ2v) is 9.60. The molecule has 0 atom stereocenters. The van der Waals surface area contributed by atoms with E-state index in [4.69, 9.17) is 10.5 Å². The van der Waals surface area contributed by atoms with Crippen LogP contribution in [-0.4, -0.2) is 68.3 Å². The number of morpholine rings is 1. The van der Waals surface area contributed by atoms with E-state index in [1.165, 1.54) is 6.07 Å². The zero-order chi connectivity index (χ0) is 26.3. The number of halogens is 3. The fourth-order valence-corrected chi connectivity index (χ4v) is 4.81. The van der Waals surface area contributed by atoms with Gasteiger partial charge in [0, 0.05) is 55.5 Å². The number of fused-ring (bicyclic) bond motifs is 3. The molecule has 1 aromatic carbocycles. The summed E-state index contributed by atoms with van der Waals surface area (Å²) in [5.74, 6) is 1.73. The van der Waals surface area contributed by atoms with Crippen LogP contribution in [0.2, 0.25) is 0 Å². The lowest BCUT2D eigenvalue weighted by atomic mass is 10.0. The maximum absolute atomic E-state index is 13.3. The van der Waals surface area contributed by atoms with Crippen molar-refractivity contribution in [2.75, 3.05) is 43.9 Å². The van der Waals surface area contributed by atoms with E-state index in [2.05, 4.69) is 20.5 Å². The van der Waals surface area contributed by atoms with E-state index in [-0.39, 0.29) is 24.2 Å². The lowest BCUT2D eigenvalue weighted by Gasteiger charge is -2.36. The molecule has 13 heteroatoms. The molecule has 4 heterocycles. The van der Waals surface area contributed by atoms with Crippen LogP contribution in [0.4, 0.5) is 29.5 Å². The highest BCUT2D eigenvalue weighted by Gasteiger charge is 2.32. The van der Waals surface area contributed by atoms with Gasteiger partial charge in [0.2, 0.25) is 0 Å². The van der Waals surface area contributed by atoms with E-state index < -0.39 is 11.7 Å². The Morgan fingerprint density at radius 1 is 1.14 bits per heavy atom. The number of anilines is 2. The molecular weight excluding hydrogens is 489 g/mol. The molecule has 5 rings (SSSR count). The molecule has 3 aromatic rings. The number of nitrogen functional groups attached to an aromatic ring is 1. The number of ether oxygens (including phenoxy) is 1. The second kappa shape index (κ2) is 9.69. The molecule has 0 spiro atoms. The molecule has 37 heavy (non-hydrogen) atoms. The van der Waals surface area contributed by atoms with Gasteiger partial charge in [0.05, 0.1) is 25.3 Å². The molecule has 2 aliphatic heterocycles. The van der Waals surface area contributed by atoms with Gasteiger partial charge < -0.3 is 25.6 Å². The second-order valence-electron chi connectivity index (χ2n) is 9.60. The van der Waals surface area contributed by atoms with Gasteiger partial charge in [0.1, 0.15) is 11.6 Å². The van der Waals surface area contributed by atoms with Gasteiger partial charge in [-0.15, -0.1) is 10.2 Å². The van der Waals surface area contributed by atoms with Gasteiger partial charge in [-0.25, -0.2) is 4.79 Å². The first kappa shape index (κ1) is 25.1. The van der Waals surface area contributed by atoms with Gasteiger partial charge in [-0.2, -0.15) is 18.2 Å². The van der Waals surface area contributed by atoms with Gasteiger partial charge >= 0.3 is 12.2 Å². The summed E-state index contributed by atoms with van der Waals surface area (Å²) in [6.07, 6.45) is -3.94. The van der Waals surface area contributed by atoms with Crippen LogP contribution in [0.1, 0.15) is 48.0 Å². The first-order valence-electron chi connectivity index (χ1n) is 12.2. The van der Waals surface area contributed by atoms with Crippen LogP contribution in [0.3, 0.4) is 0 Å². The van der Waals surface area contributed by atoms with Crippen molar-refractivity contribution in [2.24, 2.45) is 0 Å². The molecule has 2 aliphatic rings. The van der Waals surface area contributed by atoms with Gasteiger partial charge in [-0.3, -0.25) is 4.40 Å². The van der Waals surface area contributed by atoms with Crippen molar-refractivity contribution < 1.29 is 22.7 Å². The molecule has 0 unspecified atom stereocenters. The minimum absolute atomic E-state index is 0.0263. The lowest BCUT2D eigenvalue weighted by molar-refractivity contribution is -0.137. The maximum Gasteiger partial charge on any atom is 0.416 e. The first-order chi connectivity index (χ1) is 17.6. The standard InChI is InChI=1S/C24H29F3N8O2/c1-14(2)21-31-32-22-30-20(29-12-15-9-16(24(25,26)27)11-17(28)10-15)18-13-34(4-3-19(18)35(21)22)23(36)33-5-7-37-8-6-33/h9-11,14H,3-8,12-13,28H2,1-2H3,(H,29,30,32). The van der Waals surface area contributed by atoms with Crippen molar-refractivity contribution in [3.8, 4) is 0 Å². The number of amides is 2. The van der Waals surface area contributed by atoms with E-state index in [0.717, 1.165) is 29.2 Å². The Morgan fingerprint density at radius 2 is 1.89 bits per heavy atom. The van der Waals surface area contributed by atoms with E-state index >= 15 is 0 Å². The number of benzene rings is 1. The number of nitrogens with zero attached hydrogens (tertiary/aromatic N) is 6. The maximum atomic E-state index is 13.3. The molecular formula is C24H29F3N8O2. The highest BCUT2D eigenvalue weighted by atomic mass is 19.4. The summed E-state index contributed by atoms with van der Waals surface area (Å²) in [7, 11) is 0. The van der Waals surface area contributed by atoms with E-state index in [0.29, 0.717) is 63.0 Å². The predicted molar refractivity (Wildman–Crippen MR) is 130 cm³/mol. The van der Waals surface area contributed by atoms with E-state index in [1.807, 2.05) is 18.2 Å². The van der Waals surface area contributed by atoms with Crippen LogP contribution in [-0.2, 0) is 30.4 Å². The smallest absolute Gasteiger partial charge is 0.399 e. The summed E-state index contributed by atoms with van der Waals surface area (Å²) in [6.45, 7) is 6.99. The number of urea groups is 1. The Kier molecular flexibility index (Phi) is 6.56. The summed E-state index contributed by atoms with van der Waals surface area (Å²) < 4.78 is 47.2. The van der Waals surface area contributed by atoms with Crippen LogP contribution in [0.25, 0.3) is 5.78 Å². The average Bonchev–Trinajstić information content (AvgIpc) is 3.31. The Labute approximate surface area is 211 Å². The fraction of sp³-hybridized carbons (Fsp3) is 0.500. The largest absolute Gasteiger partial charge is 0.416 e. The lowest BCUT2D eigenvalue weighted by Crippen LogP contribution is -2.49. The molecule has 0 bridgehead atoms. The quantitative estimate of drug-likeness (QED) is 0.510. The molecule has 3 N–H and O–H groups in total. The number of hydrogen-bond acceptors (Lipinski definition) is 7. The molecule has 1 fully saturated rings. The number of hydrogen-bond donors (Lipinski definition) is 2. The SMILES string of the molecule is CC(C)c1nnc2nc(NCc3cc(N)cc(C(F)(F)F)c3)c3c(n12)CCN(C(=O)N1CCOCC1)C3. The van der Waals surface area contributed by atoms with Crippen molar-refractivity contribution in [2.45, 2.75) is 45.5 Å². The van der Waals surface area contributed by atoms with E-state index in [1.54, 1.807) is 9.80 Å². The number of nitrogens with two attached hydrogens (primary N) is 1. The topological polar surface area (TPSA) is 114 Å². The molecule has 2 amide bonds. The summed E-state index contributed by atoms with van der Waals surface area (Å²) in [5, 5.41) is 11.7. The van der Waals surface area contributed by atoms with Crippen molar-refractivity contribution >= 4 is 23.3 Å². The van der Waals surface area contributed by atoms with Gasteiger partial charge in [-0.1, -0.05) is 13.8 Å². The number of alkyl halides is 3. The molecule has 1 saturated heterocycles. The normalized spacial score (nSPS) is 16.4. The Balaban J connectivity index is 1.49. The molecule has 10 nitrogen and oxygen atoms in total. The first-order valence-corrected chi connectivity index (χ1v) is 12.2. The zero-order valence-corrected chi connectivity index (χ0v) is 20.7. The van der Waals surface area contributed by atoms with Crippen LogP contribution >= 0.6 is 0 Å². The Morgan fingerprint density at radius 3 is 2.59 bits per heavy atom. The molecule has 198 valence electrons. The summed E-state index contributed by atoms with van der Waals surface area (Å²) >= 11 is 0. The third-order valence-corrected chi connectivity index (χ3v) is 6.63. The molecule has 0 saturated carbocycles. The van der Waals surface area contributed by atoms with Crippen LogP contribution < -0.4 is 11.1 Å². The predicted octanol–water partition coefficient (Wildman–Crippen LogP) is 3.27. The van der Waals surface area contributed by atoms with Crippen LogP contribution in [0.5, 0.6) is 0 Å². The number of carbonyl (C=O) groups excluding carboxylic acids is 1. The van der Waals surface area contributed by atoms with Gasteiger partial charge in [0.25, 0.3) is 5.78 Å². The van der Waals surface area contributed by atoms with E-state index in [9.17, 15) is 18.0 Å². The number of aromatic nitrogens is 4. The molecule has 0 radical (unpaired) electrons. The fourth-order valence-electron chi connectivity index (χ4n) is 4.81. The summed E-state index contributed by atoms with van der Waals surface area (Å²) in [5.41, 5.74) is 7.06. The third-order valence-electron chi connectivity index (χ3n) is 6.63. The molecule has 0 aliphatic carbocycles. The Hall–Kier alpha value is -3.61. The van der Waals surface area contributed by atoms with Crippen molar-refractivity contribution in [3.05, 3.63) is 46.4 Å². The van der Waals surface area contributed by atoms with Crippen molar-refractivity contribution in [1.82, 2.24) is 29.4 Å². The highest BCUT2D eigenvalue weighted by Crippen LogP contribution is 2.32.